The largest absolute Gasteiger partial charge is 0.384 e. The first-order valence-electron chi connectivity index (χ1n) is 6.73. The Kier molecular flexibility index (Phi) is 4.35. The lowest BCUT2D eigenvalue weighted by Crippen LogP contribution is -3.05. The molecule has 0 saturated carbocycles. The zero-order valence-electron chi connectivity index (χ0n) is 11.8. The number of hydrogen-bond donors (Lipinski definition) is 2. The molecule has 0 saturated heterocycles. The summed E-state index contributed by atoms with van der Waals surface area (Å²) in [5, 5.41) is 10.6. The van der Waals surface area contributed by atoms with E-state index < -0.39 is 6.10 Å². The van der Waals surface area contributed by atoms with E-state index in [1.54, 1.807) is 0 Å². The highest BCUT2D eigenvalue weighted by molar-refractivity contribution is 5.36. The second-order valence-electron chi connectivity index (χ2n) is 5.24. The maximum Gasteiger partial charge on any atom is 0.110 e. The topological polar surface area (TPSA) is 24.7 Å². The zero-order valence-corrected chi connectivity index (χ0v) is 11.8. The molecule has 100 valence electrons. The van der Waals surface area contributed by atoms with E-state index in [0.29, 0.717) is 6.04 Å². The van der Waals surface area contributed by atoms with Crippen molar-refractivity contribution in [2.45, 2.75) is 19.1 Å². The summed E-state index contributed by atoms with van der Waals surface area (Å²) in [5.74, 6) is 0. The SMILES string of the molecule is C[C@H](c1ccccc1[C@H](O)c1ccccc1)[NH+](C)C. The van der Waals surface area contributed by atoms with Gasteiger partial charge in [0.1, 0.15) is 12.1 Å². The van der Waals surface area contributed by atoms with Crippen molar-refractivity contribution in [3.05, 3.63) is 71.3 Å². The van der Waals surface area contributed by atoms with Crippen LogP contribution in [0.25, 0.3) is 0 Å². The van der Waals surface area contributed by atoms with Gasteiger partial charge in [0, 0.05) is 5.56 Å². The van der Waals surface area contributed by atoms with Crippen LogP contribution in [0.2, 0.25) is 0 Å². The maximum absolute atomic E-state index is 10.6. The third kappa shape index (κ3) is 3.03. The fraction of sp³-hybridized carbons (Fsp3) is 0.294. The minimum absolute atomic E-state index is 0.356. The number of rotatable bonds is 4. The Labute approximate surface area is 115 Å². The van der Waals surface area contributed by atoms with Gasteiger partial charge < -0.3 is 10.0 Å². The van der Waals surface area contributed by atoms with E-state index >= 15 is 0 Å². The van der Waals surface area contributed by atoms with Crippen molar-refractivity contribution in [3.63, 3.8) is 0 Å². The lowest BCUT2D eigenvalue weighted by Gasteiger charge is -2.22. The molecule has 0 aliphatic carbocycles. The van der Waals surface area contributed by atoms with E-state index in [2.05, 4.69) is 27.1 Å². The fourth-order valence-corrected chi connectivity index (χ4v) is 2.28. The molecule has 0 aliphatic rings. The summed E-state index contributed by atoms with van der Waals surface area (Å²) in [6.45, 7) is 2.19. The molecule has 2 aromatic rings. The van der Waals surface area contributed by atoms with Crippen molar-refractivity contribution >= 4 is 0 Å². The fourth-order valence-electron chi connectivity index (χ4n) is 2.28. The molecule has 2 nitrogen and oxygen atoms in total. The second-order valence-corrected chi connectivity index (χ2v) is 5.24. The zero-order chi connectivity index (χ0) is 13.8. The Morgan fingerprint density at radius 3 is 1.95 bits per heavy atom. The molecular formula is C17H22NO+. The molecule has 0 radical (unpaired) electrons. The number of aliphatic hydroxyl groups is 1. The van der Waals surface area contributed by atoms with Crippen molar-refractivity contribution in [1.82, 2.24) is 0 Å². The van der Waals surface area contributed by atoms with Gasteiger partial charge in [-0.2, -0.15) is 0 Å². The van der Waals surface area contributed by atoms with Crippen LogP contribution in [0.15, 0.2) is 54.6 Å². The van der Waals surface area contributed by atoms with Gasteiger partial charge in [-0.25, -0.2) is 0 Å². The highest BCUT2D eigenvalue weighted by Crippen LogP contribution is 2.27. The molecule has 0 bridgehead atoms. The lowest BCUT2D eigenvalue weighted by atomic mass is 9.93. The Morgan fingerprint density at radius 2 is 1.37 bits per heavy atom. The van der Waals surface area contributed by atoms with Crippen molar-refractivity contribution in [3.8, 4) is 0 Å². The highest BCUT2D eigenvalue weighted by Gasteiger charge is 2.20. The van der Waals surface area contributed by atoms with Gasteiger partial charge >= 0.3 is 0 Å². The van der Waals surface area contributed by atoms with Crippen LogP contribution in [0, 0.1) is 0 Å². The molecule has 0 heterocycles. The molecular weight excluding hydrogens is 234 g/mol. The van der Waals surface area contributed by atoms with E-state index in [9.17, 15) is 5.11 Å². The summed E-state index contributed by atoms with van der Waals surface area (Å²) < 4.78 is 0. The van der Waals surface area contributed by atoms with E-state index in [0.717, 1.165) is 11.1 Å². The maximum atomic E-state index is 10.6. The smallest absolute Gasteiger partial charge is 0.110 e. The molecule has 0 aromatic heterocycles. The van der Waals surface area contributed by atoms with E-state index in [-0.39, 0.29) is 0 Å². The Morgan fingerprint density at radius 1 is 0.842 bits per heavy atom. The number of quaternary nitrogens is 1. The number of hydrogen-bond acceptors (Lipinski definition) is 1. The molecule has 19 heavy (non-hydrogen) atoms. The molecule has 2 atom stereocenters. The van der Waals surface area contributed by atoms with Crippen LogP contribution in [0.3, 0.4) is 0 Å². The monoisotopic (exact) mass is 256 g/mol. The summed E-state index contributed by atoms with van der Waals surface area (Å²) in [6.07, 6.45) is -0.556. The van der Waals surface area contributed by atoms with Crippen LogP contribution >= 0.6 is 0 Å². The van der Waals surface area contributed by atoms with Crippen LogP contribution in [0.1, 0.15) is 35.8 Å². The summed E-state index contributed by atoms with van der Waals surface area (Å²) in [7, 11) is 4.27. The Hall–Kier alpha value is -1.64. The summed E-state index contributed by atoms with van der Waals surface area (Å²) >= 11 is 0. The summed E-state index contributed by atoms with van der Waals surface area (Å²) in [6, 6.07) is 18.3. The van der Waals surface area contributed by atoms with Crippen molar-refractivity contribution < 1.29 is 10.0 Å². The number of benzene rings is 2. The van der Waals surface area contributed by atoms with Crippen molar-refractivity contribution in [1.29, 1.82) is 0 Å². The van der Waals surface area contributed by atoms with Crippen molar-refractivity contribution in [2.75, 3.05) is 14.1 Å². The predicted molar refractivity (Wildman–Crippen MR) is 78.2 cm³/mol. The molecule has 2 heteroatoms. The van der Waals surface area contributed by atoms with E-state index in [1.807, 2.05) is 48.5 Å². The molecule has 0 aliphatic heterocycles. The molecule has 2 rings (SSSR count). The Bertz CT molecular complexity index is 522. The highest BCUT2D eigenvalue weighted by atomic mass is 16.3. The Balaban J connectivity index is 2.40. The molecule has 0 amide bonds. The van der Waals surface area contributed by atoms with Gasteiger partial charge in [0.2, 0.25) is 0 Å². The normalized spacial score (nSPS) is 14.4. The van der Waals surface area contributed by atoms with Crippen LogP contribution in [0.4, 0.5) is 0 Å². The number of aliphatic hydroxyl groups excluding tert-OH is 1. The van der Waals surface area contributed by atoms with Gasteiger partial charge in [-0.3, -0.25) is 0 Å². The number of nitrogens with one attached hydrogen (secondary N) is 1. The molecule has 0 spiro atoms. The molecule has 2 N–H and O–H groups in total. The average molecular weight is 256 g/mol. The molecule has 0 unspecified atom stereocenters. The minimum Gasteiger partial charge on any atom is -0.384 e. The minimum atomic E-state index is -0.556. The predicted octanol–water partition coefficient (Wildman–Crippen LogP) is 1.97. The first-order valence-corrected chi connectivity index (χ1v) is 6.73. The van der Waals surface area contributed by atoms with Gasteiger partial charge in [0.05, 0.1) is 14.1 Å². The van der Waals surface area contributed by atoms with E-state index in [1.165, 1.54) is 10.5 Å². The van der Waals surface area contributed by atoms with Gasteiger partial charge in [0.15, 0.2) is 0 Å². The van der Waals surface area contributed by atoms with Gasteiger partial charge in [0.25, 0.3) is 0 Å². The van der Waals surface area contributed by atoms with Crippen molar-refractivity contribution in [2.24, 2.45) is 0 Å². The summed E-state index contributed by atoms with van der Waals surface area (Å²) in [5.41, 5.74) is 3.15. The van der Waals surface area contributed by atoms with Gasteiger partial charge in [-0.1, -0.05) is 54.6 Å². The summed E-state index contributed by atoms with van der Waals surface area (Å²) in [4.78, 5) is 1.35. The van der Waals surface area contributed by atoms with Crippen LogP contribution in [0.5, 0.6) is 0 Å². The van der Waals surface area contributed by atoms with Crippen LogP contribution < -0.4 is 4.90 Å². The third-order valence-electron chi connectivity index (χ3n) is 3.74. The average Bonchev–Trinajstić information content (AvgIpc) is 2.46. The van der Waals surface area contributed by atoms with Gasteiger partial charge in [-0.15, -0.1) is 0 Å². The van der Waals surface area contributed by atoms with Crippen LogP contribution in [-0.2, 0) is 0 Å². The third-order valence-corrected chi connectivity index (χ3v) is 3.74. The lowest BCUT2D eigenvalue weighted by molar-refractivity contribution is -0.890. The molecule has 2 aromatic carbocycles. The standard InChI is InChI=1S/C17H21NO/c1-13(18(2)3)15-11-7-8-12-16(15)17(19)14-9-5-4-6-10-14/h4-13,17,19H,1-3H3/p+1/t13-,17-/m1/s1. The van der Waals surface area contributed by atoms with E-state index in [4.69, 9.17) is 0 Å². The molecule has 0 fully saturated rings. The second kappa shape index (κ2) is 6.00. The quantitative estimate of drug-likeness (QED) is 0.859. The first-order chi connectivity index (χ1) is 9.11. The first kappa shape index (κ1) is 13.8. The van der Waals surface area contributed by atoms with Crippen LogP contribution in [-0.4, -0.2) is 19.2 Å². The van der Waals surface area contributed by atoms with Gasteiger partial charge in [-0.05, 0) is 18.1 Å².